The van der Waals surface area contributed by atoms with Gasteiger partial charge in [0, 0.05) is 11.8 Å². The highest BCUT2D eigenvalue weighted by Crippen LogP contribution is 2.58. The molecule has 4 heteroatoms. The van der Waals surface area contributed by atoms with Gasteiger partial charge in [0.1, 0.15) is 11.5 Å². The monoisotopic (exact) mass is 366 g/mol. The number of hydrogen-bond donors (Lipinski definition) is 1. The minimum atomic E-state index is -1.47. The summed E-state index contributed by atoms with van der Waals surface area (Å²) in [6.07, 6.45) is 1.02. The lowest BCUT2D eigenvalue weighted by molar-refractivity contribution is -0.209. The van der Waals surface area contributed by atoms with E-state index in [4.69, 9.17) is 9.47 Å². The van der Waals surface area contributed by atoms with Gasteiger partial charge < -0.3 is 14.6 Å². The lowest BCUT2D eigenvalue weighted by Crippen LogP contribution is -2.72. The number of carboxylic acid groups (broad SMARTS) is 1. The van der Waals surface area contributed by atoms with Gasteiger partial charge in [-0.1, -0.05) is 57.2 Å². The van der Waals surface area contributed by atoms with E-state index in [1.165, 1.54) is 0 Å². The second-order valence-corrected chi connectivity index (χ2v) is 8.46. The molecule has 0 saturated carbocycles. The molecule has 27 heavy (non-hydrogen) atoms. The third-order valence-electron chi connectivity index (χ3n) is 7.13. The quantitative estimate of drug-likeness (QED) is 0.828. The van der Waals surface area contributed by atoms with Crippen LogP contribution >= 0.6 is 0 Å². The van der Waals surface area contributed by atoms with Gasteiger partial charge in [0.25, 0.3) is 0 Å². The summed E-state index contributed by atoms with van der Waals surface area (Å²) < 4.78 is 12.8. The molecule has 0 radical (unpaired) electrons. The van der Waals surface area contributed by atoms with Crippen molar-refractivity contribution in [2.75, 3.05) is 0 Å². The number of rotatable bonds is 2. The average molecular weight is 366 g/mol. The van der Waals surface area contributed by atoms with Crippen molar-refractivity contribution in [3.8, 4) is 11.5 Å². The van der Waals surface area contributed by atoms with Gasteiger partial charge in [0.15, 0.2) is 5.60 Å². The first-order valence-electron chi connectivity index (χ1n) is 9.51. The average Bonchev–Trinajstić information content (AvgIpc) is 2.66. The van der Waals surface area contributed by atoms with Crippen LogP contribution in [0.5, 0.6) is 11.5 Å². The molecule has 0 bridgehead atoms. The van der Waals surface area contributed by atoms with E-state index in [1.807, 2.05) is 49.4 Å². The highest BCUT2D eigenvalue weighted by atomic mass is 16.6. The Kier molecular flexibility index (Phi) is 3.81. The van der Waals surface area contributed by atoms with Crippen molar-refractivity contribution < 1.29 is 19.4 Å². The first kappa shape index (κ1) is 17.9. The zero-order valence-corrected chi connectivity index (χ0v) is 16.3. The normalized spacial score (nSPS) is 31.0. The van der Waals surface area contributed by atoms with Crippen molar-refractivity contribution in [1.82, 2.24) is 0 Å². The van der Waals surface area contributed by atoms with Crippen LogP contribution in [0.4, 0.5) is 0 Å². The minimum absolute atomic E-state index is 0.115. The molecule has 3 unspecified atom stereocenters. The molecule has 3 atom stereocenters. The van der Waals surface area contributed by atoms with E-state index >= 15 is 0 Å². The first-order chi connectivity index (χ1) is 12.7. The van der Waals surface area contributed by atoms with Crippen molar-refractivity contribution in [3.05, 3.63) is 59.7 Å². The first-order valence-corrected chi connectivity index (χ1v) is 9.51. The van der Waals surface area contributed by atoms with E-state index < -0.39 is 22.6 Å². The van der Waals surface area contributed by atoms with Crippen LogP contribution in [-0.2, 0) is 11.2 Å². The summed E-state index contributed by atoms with van der Waals surface area (Å²) >= 11 is 0. The summed E-state index contributed by atoms with van der Waals surface area (Å²) in [5, 5.41) is 10.4. The molecule has 0 aromatic heterocycles. The van der Waals surface area contributed by atoms with Crippen molar-refractivity contribution in [2.24, 2.45) is 5.41 Å². The number of fused-ring (bicyclic) bond motifs is 2. The number of benzene rings is 2. The molecule has 2 aromatic rings. The van der Waals surface area contributed by atoms with E-state index in [2.05, 4.69) is 26.8 Å². The van der Waals surface area contributed by atoms with E-state index in [9.17, 15) is 9.90 Å². The van der Waals surface area contributed by atoms with Crippen LogP contribution in [0.25, 0.3) is 0 Å². The number of ether oxygens (including phenoxy) is 2. The van der Waals surface area contributed by atoms with Crippen LogP contribution in [0.1, 0.15) is 51.2 Å². The standard InChI is InChI=1S/C23H26O4/c1-15-17-10-6-8-12-19(17)26-22(4,21(15,2)3)23(20(24)25)14-13-16-9-5-7-11-18(16)27-23/h5-12,15H,13-14H2,1-4H3,(H,24,25). The zero-order valence-electron chi connectivity index (χ0n) is 16.3. The summed E-state index contributed by atoms with van der Waals surface area (Å²) in [7, 11) is 0. The molecule has 2 aromatic carbocycles. The Morgan fingerprint density at radius 3 is 2.33 bits per heavy atom. The molecule has 0 fully saturated rings. The van der Waals surface area contributed by atoms with Crippen molar-refractivity contribution in [3.63, 3.8) is 0 Å². The molecule has 0 aliphatic carbocycles. The molecule has 142 valence electrons. The van der Waals surface area contributed by atoms with Gasteiger partial charge in [0.2, 0.25) is 5.60 Å². The SMILES string of the molecule is CC1c2ccccc2OC(C)(C2(C(=O)O)CCc3ccccc3O2)C1(C)C. The van der Waals surface area contributed by atoms with Crippen molar-refractivity contribution in [2.45, 2.75) is 57.7 Å². The largest absolute Gasteiger partial charge is 0.482 e. The van der Waals surface area contributed by atoms with Crippen LogP contribution in [0.2, 0.25) is 0 Å². The Balaban J connectivity index is 1.90. The fraction of sp³-hybridized carbons (Fsp3) is 0.435. The Labute approximate surface area is 160 Å². The molecule has 0 amide bonds. The molecule has 0 saturated heterocycles. The number of hydrogen-bond acceptors (Lipinski definition) is 3. The summed E-state index contributed by atoms with van der Waals surface area (Å²) in [5.74, 6) is 0.525. The third-order valence-corrected chi connectivity index (χ3v) is 7.13. The summed E-state index contributed by atoms with van der Waals surface area (Å²) in [4.78, 5) is 12.7. The Bertz CT molecular complexity index is 903. The van der Waals surface area contributed by atoms with Crippen LogP contribution in [0.15, 0.2) is 48.5 Å². The molecule has 4 rings (SSSR count). The third kappa shape index (κ3) is 2.25. The molecular formula is C23H26O4. The van der Waals surface area contributed by atoms with E-state index in [-0.39, 0.29) is 5.92 Å². The van der Waals surface area contributed by atoms with Gasteiger partial charge in [-0.25, -0.2) is 4.79 Å². The number of carbonyl (C=O) groups is 1. The van der Waals surface area contributed by atoms with E-state index in [0.29, 0.717) is 18.6 Å². The lowest BCUT2D eigenvalue weighted by Gasteiger charge is -2.58. The second-order valence-electron chi connectivity index (χ2n) is 8.46. The summed E-state index contributed by atoms with van der Waals surface area (Å²) in [5.41, 5.74) is -0.831. The number of carboxylic acids is 1. The lowest BCUT2D eigenvalue weighted by atomic mass is 9.56. The molecular weight excluding hydrogens is 340 g/mol. The maximum Gasteiger partial charge on any atom is 0.352 e. The van der Waals surface area contributed by atoms with Gasteiger partial charge in [0.05, 0.1) is 0 Å². The van der Waals surface area contributed by atoms with Gasteiger partial charge in [-0.05, 0) is 42.5 Å². The van der Waals surface area contributed by atoms with E-state index in [0.717, 1.165) is 16.9 Å². The second kappa shape index (κ2) is 5.75. The maximum atomic E-state index is 12.7. The van der Waals surface area contributed by atoms with Crippen molar-refractivity contribution >= 4 is 5.97 Å². The van der Waals surface area contributed by atoms with Crippen LogP contribution in [-0.4, -0.2) is 22.3 Å². The Hall–Kier alpha value is -2.49. The highest BCUT2D eigenvalue weighted by Gasteiger charge is 2.68. The van der Waals surface area contributed by atoms with Gasteiger partial charge >= 0.3 is 5.97 Å². The van der Waals surface area contributed by atoms with E-state index in [1.54, 1.807) is 0 Å². The number of para-hydroxylation sites is 2. The summed E-state index contributed by atoms with van der Waals surface area (Å²) in [6.45, 7) is 8.22. The molecule has 2 aliphatic rings. The molecule has 2 aliphatic heterocycles. The number of aryl methyl sites for hydroxylation is 1. The minimum Gasteiger partial charge on any atom is -0.482 e. The molecule has 0 spiro atoms. The molecule has 2 heterocycles. The van der Waals surface area contributed by atoms with Gasteiger partial charge in [-0.15, -0.1) is 0 Å². The fourth-order valence-corrected chi connectivity index (χ4v) is 4.74. The summed E-state index contributed by atoms with van der Waals surface area (Å²) in [6, 6.07) is 15.6. The maximum absolute atomic E-state index is 12.7. The predicted molar refractivity (Wildman–Crippen MR) is 103 cm³/mol. The highest BCUT2D eigenvalue weighted by molar-refractivity contribution is 5.81. The zero-order chi connectivity index (χ0) is 19.4. The van der Waals surface area contributed by atoms with Crippen LogP contribution in [0, 0.1) is 5.41 Å². The topological polar surface area (TPSA) is 55.8 Å². The smallest absolute Gasteiger partial charge is 0.352 e. The molecule has 1 N–H and O–H groups in total. The predicted octanol–water partition coefficient (Wildman–Crippen LogP) is 4.82. The van der Waals surface area contributed by atoms with Gasteiger partial charge in [-0.3, -0.25) is 0 Å². The van der Waals surface area contributed by atoms with Gasteiger partial charge in [-0.2, -0.15) is 0 Å². The Morgan fingerprint density at radius 2 is 1.63 bits per heavy atom. The Morgan fingerprint density at radius 1 is 1.00 bits per heavy atom. The van der Waals surface area contributed by atoms with Crippen molar-refractivity contribution in [1.29, 1.82) is 0 Å². The molecule has 4 nitrogen and oxygen atoms in total. The fourth-order valence-electron chi connectivity index (χ4n) is 4.74. The number of aliphatic carboxylic acids is 1. The van der Waals surface area contributed by atoms with Crippen LogP contribution < -0.4 is 9.47 Å². The van der Waals surface area contributed by atoms with Crippen LogP contribution in [0.3, 0.4) is 0 Å².